The molecule has 2 nitrogen and oxygen atoms in total. The van der Waals surface area contributed by atoms with E-state index in [9.17, 15) is 0 Å². The van der Waals surface area contributed by atoms with Gasteiger partial charge in [-0.15, -0.1) is 0 Å². The summed E-state index contributed by atoms with van der Waals surface area (Å²) in [6.07, 6.45) is 15.1. The molecule has 0 radical (unpaired) electrons. The molecule has 0 aromatic heterocycles. The van der Waals surface area contributed by atoms with Crippen LogP contribution in [0.25, 0.3) is 0 Å². The van der Waals surface area contributed by atoms with Gasteiger partial charge in [0.15, 0.2) is 0 Å². The summed E-state index contributed by atoms with van der Waals surface area (Å²) >= 11 is 0. The first kappa shape index (κ1) is 19.2. The first-order valence-electron chi connectivity index (χ1n) is 9.84. The molecule has 0 aromatic carbocycles. The number of rotatable bonds is 6. The third kappa shape index (κ3) is 3.59. The first-order chi connectivity index (χ1) is 11.4. The normalized spacial score (nSPS) is 29.3. The third-order valence-electron chi connectivity index (χ3n) is 5.71. The first-order valence-corrected chi connectivity index (χ1v) is 9.84. The zero-order valence-corrected chi connectivity index (χ0v) is 16.3. The van der Waals surface area contributed by atoms with Gasteiger partial charge in [-0.1, -0.05) is 65.3 Å². The van der Waals surface area contributed by atoms with Crippen LogP contribution in [0.15, 0.2) is 40.4 Å². The van der Waals surface area contributed by atoms with Crippen LogP contribution in [0.5, 0.6) is 0 Å². The summed E-state index contributed by atoms with van der Waals surface area (Å²) in [7, 11) is 0. The fourth-order valence-corrected chi connectivity index (χ4v) is 4.20. The smallest absolute Gasteiger partial charge is 0.0396 e. The van der Waals surface area contributed by atoms with Crippen LogP contribution in [-0.2, 0) is 0 Å². The fraction of sp³-hybridized carbons (Fsp3) is 0.682. The van der Waals surface area contributed by atoms with Crippen molar-refractivity contribution in [3.63, 3.8) is 0 Å². The minimum atomic E-state index is -0.111. The summed E-state index contributed by atoms with van der Waals surface area (Å²) in [5.74, 6) is 0.930. The fourth-order valence-electron chi connectivity index (χ4n) is 4.20. The van der Waals surface area contributed by atoms with E-state index >= 15 is 0 Å². The van der Waals surface area contributed by atoms with Crippen molar-refractivity contribution in [3.8, 4) is 0 Å². The van der Waals surface area contributed by atoms with E-state index in [-0.39, 0.29) is 11.5 Å². The van der Waals surface area contributed by atoms with Crippen molar-refractivity contribution in [1.82, 2.24) is 0 Å². The molecule has 2 heteroatoms. The predicted molar refractivity (Wildman–Crippen MR) is 106 cm³/mol. The second kappa shape index (κ2) is 8.29. The van der Waals surface area contributed by atoms with Crippen LogP contribution >= 0.6 is 0 Å². The largest absolute Gasteiger partial charge is 0.323 e. The van der Waals surface area contributed by atoms with E-state index < -0.39 is 0 Å². The van der Waals surface area contributed by atoms with E-state index in [1.807, 2.05) is 0 Å². The molecule has 2 atom stereocenters. The minimum Gasteiger partial charge on any atom is -0.323 e. The van der Waals surface area contributed by atoms with Crippen molar-refractivity contribution < 1.29 is 0 Å². The van der Waals surface area contributed by atoms with Gasteiger partial charge in [-0.3, -0.25) is 4.99 Å². The number of unbranched alkanes of at least 4 members (excludes halogenated alkanes) is 1. The van der Waals surface area contributed by atoms with E-state index in [1.165, 1.54) is 36.1 Å². The van der Waals surface area contributed by atoms with Gasteiger partial charge in [-0.2, -0.15) is 0 Å². The molecule has 2 N–H and O–H groups in total. The Balaban J connectivity index is 2.46. The summed E-state index contributed by atoms with van der Waals surface area (Å²) in [4.78, 5) is 5.00. The molecule has 0 saturated carbocycles. The molecule has 0 aromatic rings. The monoisotopic (exact) mass is 328 g/mol. The molecule has 0 saturated heterocycles. The molecule has 2 aliphatic rings. The van der Waals surface area contributed by atoms with Crippen LogP contribution in [-0.4, -0.2) is 18.3 Å². The van der Waals surface area contributed by atoms with Crippen molar-refractivity contribution in [2.75, 3.05) is 6.54 Å². The number of hydrogen-bond donors (Lipinski definition) is 1. The Kier molecular flexibility index (Phi) is 6.62. The number of nitrogens with two attached hydrogens (primary N) is 1. The SMILES string of the molecule is CCCCN=C1CCCC=C1C1(C(C)C)C=CC=C(C(C)C)C1N. The molecule has 2 unspecified atom stereocenters. The van der Waals surface area contributed by atoms with Crippen LogP contribution < -0.4 is 5.73 Å². The zero-order chi connectivity index (χ0) is 17.7. The quantitative estimate of drug-likeness (QED) is 0.646. The van der Waals surface area contributed by atoms with Crippen molar-refractivity contribution in [2.24, 2.45) is 28.0 Å². The second-order valence-corrected chi connectivity index (χ2v) is 7.94. The highest BCUT2D eigenvalue weighted by atomic mass is 14.8. The van der Waals surface area contributed by atoms with Gasteiger partial charge in [-0.25, -0.2) is 0 Å². The van der Waals surface area contributed by atoms with Gasteiger partial charge < -0.3 is 5.73 Å². The Bertz CT molecular complexity index is 548. The lowest BCUT2D eigenvalue weighted by atomic mass is 9.59. The van der Waals surface area contributed by atoms with Crippen LogP contribution in [0.1, 0.15) is 66.7 Å². The lowest BCUT2D eigenvalue weighted by molar-refractivity contribution is 0.278. The molecule has 0 spiro atoms. The Labute approximate surface area is 149 Å². The Morgan fingerprint density at radius 3 is 2.67 bits per heavy atom. The average Bonchev–Trinajstić information content (AvgIpc) is 2.55. The van der Waals surface area contributed by atoms with Gasteiger partial charge in [0.25, 0.3) is 0 Å². The summed E-state index contributed by atoms with van der Waals surface area (Å²) in [6.45, 7) is 12.3. The van der Waals surface area contributed by atoms with E-state index in [2.05, 4.69) is 58.9 Å². The van der Waals surface area contributed by atoms with E-state index in [0.29, 0.717) is 11.8 Å². The lowest BCUT2D eigenvalue weighted by Crippen LogP contribution is -2.50. The molecule has 0 fully saturated rings. The van der Waals surface area contributed by atoms with Gasteiger partial charge >= 0.3 is 0 Å². The molecule has 2 aliphatic carbocycles. The van der Waals surface area contributed by atoms with Crippen molar-refractivity contribution in [1.29, 1.82) is 0 Å². The van der Waals surface area contributed by atoms with Crippen molar-refractivity contribution in [3.05, 3.63) is 35.5 Å². The molecule has 0 heterocycles. The molecule has 2 rings (SSSR count). The Morgan fingerprint density at radius 1 is 1.29 bits per heavy atom. The second-order valence-electron chi connectivity index (χ2n) is 7.94. The average molecular weight is 329 g/mol. The Morgan fingerprint density at radius 2 is 2.04 bits per heavy atom. The van der Waals surface area contributed by atoms with Crippen molar-refractivity contribution in [2.45, 2.75) is 72.8 Å². The van der Waals surface area contributed by atoms with Gasteiger partial charge in [0, 0.05) is 23.7 Å². The van der Waals surface area contributed by atoms with Gasteiger partial charge in [0.1, 0.15) is 0 Å². The van der Waals surface area contributed by atoms with Gasteiger partial charge in [0.05, 0.1) is 0 Å². The highest BCUT2D eigenvalue weighted by Crippen LogP contribution is 2.47. The minimum absolute atomic E-state index is 0.0447. The maximum Gasteiger partial charge on any atom is 0.0396 e. The summed E-state index contributed by atoms with van der Waals surface area (Å²) in [5.41, 5.74) is 10.9. The summed E-state index contributed by atoms with van der Waals surface area (Å²) < 4.78 is 0. The van der Waals surface area contributed by atoms with Crippen molar-refractivity contribution >= 4 is 5.71 Å². The van der Waals surface area contributed by atoms with E-state index in [4.69, 9.17) is 10.7 Å². The molecular formula is C22H36N2. The number of allylic oxidation sites excluding steroid dienone is 3. The maximum absolute atomic E-state index is 6.89. The summed E-state index contributed by atoms with van der Waals surface area (Å²) in [6, 6.07) is 0.0447. The number of hydrogen-bond acceptors (Lipinski definition) is 2. The van der Waals surface area contributed by atoms with Crippen LogP contribution in [0.3, 0.4) is 0 Å². The van der Waals surface area contributed by atoms with E-state index in [0.717, 1.165) is 19.4 Å². The molecular weight excluding hydrogens is 292 g/mol. The standard InChI is InChI=1S/C22H36N2/c1-6-7-15-24-20-13-9-8-12-19(20)22(17(4)5)14-10-11-18(16(2)3)21(22)23/h10-12,14,16-17,21H,6-9,13,15,23H2,1-5H3. The van der Waals surface area contributed by atoms with Gasteiger partial charge in [-0.05, 0) is 48.7 Å². The molecule has 24 heavy (non-hydrogen) atoms. The zero-order valence-electron chi connectivity index (χ0n) is 16.3. The van der Waals surface area contributed by atoms with Crippen LogP contribution in [0, 0.1) is 17.3 Å². The molecule has 134 valence electrons. The number of aliphatic imine (C=N–C) groups is 1. The highest BCUT2D eigenvalue weighted by molar-refractivity contribution is 6.02. The topological polar surface area (TPSA) is 38.4 Å². The molecule has 0 aliphatic heterocycles. The maximum atomic E-state index is 6.89. The predicted octanol–water partition coefficient (Wildman–Crippen LogP) is 5.46. The van der Waals surface area contributed by atoms with E-state index in [1.54, 1.807) is 0 Å². The lowest BCUT2D eigenvalue weighted by Gasteiger charge is -2.47. The Hall–Kier alpha value is -1.15. The van der Waals surface area contributed by atoms with Crippen LogP contribution in [0.4, 0.5) is 0 Å². The van der Waals surface area contributed by atoms with Crippen LogP contribution in [0.2, 0.25) is 0 Å². The highest BCUT2D eigenvalue weighted by Gasteiger charge is 2.45. The molecule has 0 bridgehead atoms. The number of nitrogens with zero attached hydrogens (tertiary/aromatic N) is 1. The summed E-state index contributed by atoms with van der Waals surface area (Å²) in [5, 5.41) is 0. The third-order valence-corrected chi connectivity index (χ3v) is 5.71. The van der Waals surface area contributed by atoms with Gasteiger partial charge in [0.2, 0.25) is 0 Å². The molecule has 0 amide bonds.